The van der Waals surface area contributed by atoms with Gasteiger partial charge in [0.05, 0.1) is 18.9 Å². The van der Waals surface area contributed by atoms with Crippen LogP contribution in [0.3, 0.4) is 0 Å². The van der Waals surface area contributed by atoms with Crippen molar-refractivity contribution in [2.75, 3.05) is 12.0 Å². The van der Waals surface area contributed by atoms with E-state index in [4.69, 9.17) is 20.1 Å². The van der Waals surface area contributed by atoms with Crippen molar-refractivity contribution in [3.63, 3.8) is 0 Å². The van der Waals surface area contributed by atoms with Gasteiger partial charge in [-0.25, -0.2) is 4.98 Å². The summed E-state index contributed by atoms with van der Waals surface area (Å²) in [6, 6.07) is 5.97. The molecule has 0 unspecified atom stereocenters. The maximum absolute atomic E-state index is 9.06. The number of ether oxygens (including phenoxy) is 1. The Labute approximate surface area is 172 Å². The van der Waals surface area contributed by atoms with Gasteiger partial charge in [-0.2, -0.15) is 5.26 Å². The molecule has 0 atom stereocenters. The smallest absolute Gasteiger partial charge is 0.212 e. The van der Waals surface area contributed by atoms with Crippen molar-refractivity contribution in [3.05, 3.63) is 30.8 Å². The van der Waals surface area contributed by atoms with E-state index in [-0.39, 0.29) is 12.0 Å². The lowest BCUT2D eigenvalue weighted by Gasteiger charge is -2.41. The zero-order chi connectivity index (χ0) is 21.0. The van der Waals surface area contributed by atoms with Crippen molar-refractivity contribution >= 4 is 11.6 Å². The van der Waals surface area contributed by atoms with E-state index in [1.165, 1.54) is 6.39 Å². The van der Waals surface area contributed by atoms with Crippen molar-refractivity contribution < 1.29 is 9.15 Å². The minimum Gasteiger partial charge on any atom is -0.496 e. The average molecular weight is 396 g/mol. The molecular formula is C22H29N5O2. The summed E-state index contributed by atoms with van der Waals surface area (Å²) < 4.78 is 11.0. The molecule has 1 fully saturated rings. The standard InChI is InChI=1S/C22H29N5O2/c1-22(2,3)15-5-7-16(8-6-15)27(21(24)26-13-23)17-9-10-18(19(11-17)28-4)20-12-25-14-29-20/h9-12,14-16H,5-8H2,1-4H3,(H2,24,26). The van der Waals surface area contributed by atoms with Gasteiger partial charge in [-0.1, -0.05) is 20.8 Å². The summed E-state index contributed by atoms with van der Waals surface area (Å²) in [6.07, 6.45) is 9.09. The minimum atomic E-state index is 0.187. The van der Waals surface area contributed by atoms with E-state index in [2.05, 4.69) is 30.7 Å². The summed E-state index contributed by atoms with van der Waals surface area (Å²) in [6.45, 7) is 6.90. The Kier molecular flexibility index (Phi) is 6.12. The van der Waals surface area contributed by atoms with Crippen LogP contribution in [-0.2, 0) is 0 Å². The quantitative estimate of drug-likeness (QED) is 0.463. The fourth-order valence-corrected chi connectivity index (χ4v) is 4.22. The Bertz CT molecular complexity index is 885. The van der Waals surface area contributed by atoms with Crippen LogP contribution in [0, 0.1) is 22.8 Å². The molecule has 2 aromatic rings. The van der Waals surface area contributed by atoms with Gasteiger partial charge in [0.25, 0.3) is 0 Å². The topological polar surface area (TPSA) is 101 Å². The molecule has 154 valence electrons. The Morgan fingerprint density at radius 3 is 2.59 bits per heavy atom. The van der Waals surface area contributed by atoms with E-state index in [0.717, 1.165) is 36.9 Å². The molecule has 7 nitrogen and oxygen atoms in total. The lowest BCUT2D eigenvalue weighted by molar-refractivity contribution is 0.170. The number of benzene rings is 1. The predicted molar refractivity (Wildman–Crippen MR) is 113 cm³/mol. The molecule has 0 saturated heterocycles. The number of oxazole rings is 1. The molecule has 3 rings (SSSR count). The van der Waals surface area contributed by atoms with E-state index in [1.54, 1.807) is 13.3 Å². The first-order valence-corrected chi connectivity index (χ1v) is 9.93. The number of nitriles is 1. The average Bonchev–Trinajstić information content (AvgIpc) is 3.22. The first-order valence-electron chi connectivity index (χ1n) is 9.93. The van der Waals surface area contributed by atoms with Gasteiger partial charge in [-0.05, 0) is 49.1 Å². The van der Waals surface area contributed by atoms with Gasteiger partial charge < -0.3 is 19.8 Å². The van der Waals surface area contributed by atoms with Crippen molar-refractivity contribution in [1.82, 2.24) is 4.98 Å². The maximum Gasteiger partial charge on any atom is 0.212 e. The SMILES string of the molecule is COc1cc(N(C(N)=NC#N)C2CCC(C(C)(C)C)CC2)ccc1-c1cnco1. The van der Waals surface area contributed by atoms with Gasteiger partial charge >= 0.3 is 0 Å². The van der Waals surface area contributed by atoms with Gasteiger partial charge in [0.1, 0.15) is 5.75 Å². The normalized spacial score (nSPS) is 20.2. The number of anilines is 1. The molecule has 0 bridgehead atoms. The van der Waals surface area contributed by atoms with Gasteiger partial charge in [0.2, 0.25) is 12.2 Å². The van der Waals surface area contributed by atoms with Gasteiger partial charge in [-0.3, -0.25) is 0 Å². The Morgan fingerprint density at radius 2 is 2.03 bits per heavy atom. The van der Waals surface area contributed by atoms with Crippen LogP contribution in [0.2, 0.25) is 0 Å². The van der Waals surface area contributed by atoms with Crippen LogP contribution in [0.5, 0.6) is 5.75 Å². The van der Waals surface area contributed by atoms with E-state index in [9.17, 15) is 0 Å². The van der Waals surface area contributed by atoms with Crippen molar-refractivity contribution in [2.45, 2.75) is 52.5 Å². The second kappa shape index (κ2) is 8.56. The zero-order valence-corrected chi connectivity index (χ0v) is 17.6. The first kappa shape index (κ1) is 20.7. The molecule has 1 aliphatic carbocycles. The third-order valence-electron chi connectivity index (χ3n) is 5.86. The van der Waals surface area contributed by atoms with E-state index < -0.39 is 0 Å². The largest absolute Gasteiger partial charge is 0.496 e. The van der Waals surface area contributed by atoms with Gasteiger partial charge in [0.15, 0.2) is 12.2 Å². The number of nitrogens with zero attached hydrogens (tertiary/aromatic N) is 4. The highest BCUT2D eigenvalue weighted by molar-refractivity contribution is 5.96. The van der Waals surface area contributed by atoms with Crippen molar-refractivity contribution in [1.29, 1.82) is 5.26 Å². The fourth-order valence-electron chi connectivity index (χ4n) is 4.22. The second-order valence-electron chi connectivity index (χ2n) is 8.56. The monoisotopic (exact) mass is 395 g/mol. The molecule has 0 spiro atoms. The molecule has 1 heterocycles. The highest BCUT2D eigenvalue weighted by Crippen LogP contribution is 2.41. The first-order chi connectivity index (χ1) is 13.8. The summed E-state index contributed by atoms with van der Waals surface area (Å²) in [4.78, 5) is 9.77. The summed E-state index contributed by atoms with van der Waals surface area (Å²) >= 11 is 0. The molecule has 7 heteroatoms. The van der Waals surface area contributed by atoms with E-state index in [1.807, 2.05) is 29.3 Å². The Morgan fingerprint density at radius 1 is 1.31 bits per heavy atom. The number of hydrogen-bond donors (Lipinski definition) is 1. The molecule has 1 aromatic heterocycles. The molecule has 2 N–H and O–H groups in total. The molecule has 1 aromatic carbocycles. The summed E-state index contributed by atoms with van der Waals surface area (Å²) in [5.74, 6) is 2.17. The second-order valence-corrected chi connectivity index (χ2v) is 8.56. The van der Waals surface area contributed by atoms with Crippen LogP contribution in [-0.4, -0.2) is 24.1 Å². The Balaban J connectivity index is 1.92. The lowest BCUT2D eigenvalue weighted by Crippen LogP contribution is -2.47. The molecular weight excluding hydrogens is 366 g/mol. The summed E-state index contributed by atoms with van der Waals surface area (Å²) in [7, 11) is 1.62. The lowest BCUT2D eigenvalue weighted by atomic mass is 9.71. The number of hydrogen-bond acceptors (Lipinski definition) is 5. The predicted octanol–water partition coefficient (Wildman–Crippen LogP) is 4.56. The minimum absolute atomic E-state index is 0.187. The fraction of sp³-hybridized carbons (Fsp3) is 0.500. The molecule has 1 saturated carbocycles. The van der Waals surface area contributed by atoms with Crippen LogP contribution in [0.25, 0.3) is 11.3 Å². The van der Waals surface area contributed by atoms with Crippen molar-refractivity contribution in [2.24, 2.45) is 22.1 Å². The number of guanidine groups is 1. The van der Waals surface area contributed by atoms with Gasteiger partial charge in [0, 0.05) is 17.8 Å². The maximum atomic E-state index is 9.06. The van der Waals surface area contributed by atoms with Crippen molar-refractivity contribution in [3.8, 4) is 23.3 Å². The van der Waals surface area contributed by atoms with E-state index in [0.29, 0.717) is 22.8 Å². The molecule has 0 aliphatic heterocycles. The van der Waals surface area contributed by atoms with Crippen LogP contribution >= 0.6 is 0 Å². The zero-order valence-electron chi connectivity index (χ0n) is 17.6. The number of aliphatic imine (C=N–C) groups is 1. The third kappa shape index (κ3) is 4.53. The summed E-state index contributed by atoms with van der Waals surface area (Å²) in [5, 5.41) is 9.06. The van der Waals surface area contributed by atoms with Gasteiger partial charge in [-0.15, -0.1) is 4.99 Å². The molecule has 1 aliphatic rings. The molecule has 0 amide bonds. The molecule has 29 heavy (non-hydrogen) atoms. The van der Waals surface area contributed by atoms with Crippen LogP contribution in [0.15, 0.2) is 40.2 Å². The van der Waals surface area contributed by atoms with E-state index >= 15 is 0 Å². The number of nitrogens with two attached hydrogens (primary N) is 1. The van der Waals surface area contributed by atoms with Crippen LogP contribution in [0.1, 0.15) is 46.5 Å². The number of aromatic nitrogens is 1. The molecule has 0 radical (unpaired) electrons. The number of rotatable bonds is 4. The Hall–Kier alpha value is -3.01. The summed E-state index contributed by atoms with van der Waals surface area (Å²) in [5.41, 5.74) is 8.17. The highest BCUT2D eigenvalue weighted by Gasteiger charge is 2.33. The van der Waals surface area contributed by atoms with Crippen LogP contribution < -0.4 is 15.4 Å². The van der Waals surface area contributed by atoms with Crippen LogP contribution in [0.4, 0.5) is 5.69 Å². The number of methoxy groups -OCH3 is 1. The highest BCUT2D eigenvalue weighted by atomic mass is 16.5. The third-order valence-corrected chi connectivity index (χ3v) is 5.86.